The zero-order chi connectivity index (χ0) is 22.2. The first-order valence-corrected chi connectivity index (χ1v) is 9.86. The highest BCUT2D eigenvalue weighted by molar-refractivity contribution is 6.46. The molecule has 3 heterocycles. The monoisotopic (exact) mass is 432 g/mol. The van der Waals surface area contributed by atoms with Gasteiger partial charge in [0.15, 0.2) is 11.5 Å². The van der Waals surface area contributed by atoms with Crippen LogP contribution in [-0.2, 0) is 16.1 Å². The second-order valence-corrected chi connectivity index (χ2v) is 7.41. The Morgan fingerprint density at radius 1 is 1.09 bits per heavy atom. The zero-order valence-corrected chi connectivity index (χ0v) is 16.7. The van der Waals surface area contributed by atoms with Crippen molar-refractivity contribution in [1.82, 2.24) is 9.88 Å². The van der Waals surface area contributed by atoms with Crippen molar-refractivity contribution in [1.29, 1.82) is 0 Å². The summed E-state index contributed by atoms with van der Waals surface area (Å²) in [6, 6.07) is 12.9. The molecular formula is C24H17FN2O5. The van der Waals surface area contributed by atoms with Gasteiger partial charge in [0.25, 0.3) is 11.7 Å². The van der Waals surface area contributed by atoms with Gasteiger partial charge < -0.3 is 19.5 Å². The first-order chi connectivity index (χ1) is 15.5. The molecule has 1 N–H and O–H groups in total. The predicted octanol–water partition coefficient (Wildman–Crippen LogP) is 3.57. The lowest BCUT2D eigenvalue weighted by atomic mass is 9.95. The number of hydrogen-bond acceptors (Lipinski definition) is 6. The number of rotatable bonds is 4. The summed E-state index contributed by atoms with van der Waals surface area (Å²) in [6.45, 7) is 0.121. The van der Waals surface area contributed by atoms with Crippen LogP contribution in [-0.4, -0.2) is 33.5 Å². The average molecular weight is 432 g/mol. The molecule has 2 aliphatic heterocycles. The van der Waals surface area contributed by atoms with E-state index in [9.17, 15) is 19.1 Å². The third-order valence-corrected chi connectivity index (χ3v) is 5.43. The first kappa shape index (κ1) is 19.7. The molecule has 3 aromatic rings. The maximum Gasteiger partial charge on any atom is 0.295 e. The largest absolute Gasteiger partial charge is 0.507 e. The van der Waals surface area contributed by atoms with E-state index in [1.165, 1.54) is 29.2 Å². The SMILES string of the molecule is O=C1C(=O)N(Cc2cccnc2)[C@@H](c2cccc(F)c2)C1=C(O)c1ccc2c(c1)OCO2. The van der Waals surface area contributed by atoms with E-state index < -0.39 is 23.5 Å². The van der Waals surface area contributed by atoms with Crippen LogP contribution in [0, 0.1) is 5.82 Å². The summed E-state index contributed by atoms with van der Waals surface area (Å²) in [5.74, 6) is -1.59. The fourth-order valence-electron chi connectivity index (χ4n) is 3.95. The van der Waals surface area contributed by atoms with Crippen molar-refractivity contribution in [3.63, 3.8) is 0 Å². The highest BCUT2D eigenvalue weighted by Gasteiger charge is 2.46. The molecule has 2 aromatic carbocycles. The lowest BCUT2D eigenvalue weighted by molar-refractivity contribution is -0.140. The van der Waals surface area contributed by atoms with Crippen LogP contribution >= 0.6 is 0 Å². The summed E-state index contributed by atoms with van der Waals surface area (Å²) in [4.78, 5) is 31.4. The first-order valence-electron chi connectivity index (χ1n) is 9.86. The van der Waals surface area contributed by atoms with Gasteiger partial charge in [-0.3, -0.25) is 14.6 Å². The van der Waals surface area contributed by atoms with Crippen molar-refractivity contribution in [3.05, 3.63) is 95.1 Å². The van der Waals surface area contributed by atoms with Gasteiger partial charge in [0.05, 0.1) is 11.6 Å². The van der Waals surface area contributed by atoms with Crippen LogP contribution in [0.25, 0.3) is 5.76 Å². The zero-order valence-electron chi connectivity index (χ0n) is 16.7. The average Bonchev–Trinajstić information content (AvgIpc) is 3.37. The van der Waals surface area contributed by atoms with Crippen molar-refractivity contribution in [2.75, 3.05) is 6.79 Å². The molecule has 1 aromatic heterocycles. The van der Waals surface area contributed by atoms with E-state index in [4.69, 9.17) is 9.47 Å². The Labute approximate surface area is 182 Å². The molecule has 5 rings (SSSR count). The van der Waals surface area contributed by atoms with Gasteiger partial charge in [0, 0.05) is 24.5 Å². The molecule has 0 bridgehead atoms. The number of pyridine rings is 1. The van der Waals surface area contributed by atoms with Crippen LogP contribution in [0.2, 0.25) is 0 Å². The van der Waals surface area contributed by atoms with Gasteiger partial charge in [-0.15, -0.1) is 0 Å². The quantitative estimate of drug-likeness (QED) is 0.385. The number of amides is 1. The number of aliphatic hydroxyl groups excluding tert-OH is 1. The van der Waals surface area contributed by atoms with Crippen molar-refractivity contribution < 1.29 is 28.6 Å². The molecule has 1 saturated heterocycles. The lowest BCUT2D eigenvalue weighted by Gasteiger charge is -2.25. The van der Waals surface area contributed by atoms with E-state index in [1.54, 1.807) is 42.7 Å². The van der Waals surface area contributed by atoms with Crippen molar-refractivity contribution in [2.45, 2.75) is 12.6 Å². The molecule has 0 saturated carbocycles. The third kappa shape index (κ3) is 3.35. The summed E-state index contributed by atoms with van der Waals surface area (Å²) < 4.78 is 24.7. The summed E-state index contributed by atoms with van der Waals surface area (Å²) in [6.07, 6.45) is 3.18. The number of ether oxygens (including phenoxy) is 2. The standard InChI is InChI=1S/C24H17FN2O5/c25-17-5-1-4-15(9-17)21-20(22(28)16-6-7-18-19(10-16)32-13-31-18)23(29)24(30)27(21)12-14-3-2-8-26-11-14/h1-11,21,28H,12-13H2/t21-/m0/s1. The number of aliphatic hydroxyl groups is 1. The number of likely N-dealkylation sites (tertiary alicyclic amines) is 1. The maximum atomic E-state index is 14.1. The highest BCUT2D eigenvalue weighted by atomic mass is 19.1. The fourth-order valence-corrected chi connectivity index (χ4v) is 3.95. The fraction of sp³-hybridized carbons (Fsp3) is 0.125. The topological polar surface area (TPSA) is 89.0 Å². The molecule has 7 nitrogen and oxygen atoms in total. The summed E-state index contributed by atoms with van der Waals surface area (Å²) in [5.41, 5.74) is 1.23. The van der Waals surface area contributed by atoms with Gasteiger partial charge in [0.2, 0.25) is 6.79 Å². The number of benzene rings is 2. The van der Waals surface area contributed by atoms with E-state index in [2.05, 4.69) is 4.98 Å². The van der Waals surface area contributed by atoms with Crippen LogP contribution in [0.15, 0.2) is 72.6 Å². The van der Waals surface area contributed by atoms with Crippen molar-refractivity contribution in [3.8, 4) is 11.5 Å². The minimum atomic E-state index is -0.976. The number of halogens is 1. The van der Waals surface area contributed by atoms with Gasteiger partial charge in [-0.25, -0.2) is 4.39 Å². The number of fused-ring (bicyclic) bond motifs is 1. The molecule has 2 aliphatic rings. The van der Waals surface area contributed by atoms with Gasteiger partial charge >= 0.3 is 0 Å². The second-order valence-electron chi connectivity index (χ2n) is 7.41. The van der Waals surface area contributed by atoms with E-state index in [0.717, 1.165) is 0 Å². The van der Waals surface area contributed by atoms with Crippen LogP contribution < -0.4 is 9.47 Å². The van der Waals surface area contributed by atoms with E-state index >= 15 is 0 Å². The van der Waals surface area contributed by atoms with E-state index in [-0.39, 0.29) is 30.2 Å². The molecule has 0 unspecified atom stereocenters. The highest BCUT2D eigenvalue weighted by Crippen LogP contribution is 2.42. The number of ketones is 1. The molecule has 0 aliphatic carbocycles. The molecule has 0 radical (unpaired) electrons. The van der Waals surface area contributed by atoms with E-state index in [0.29, 0.717) is 22.6 Å². The molecule has 32 heavy (non-hydrogen) atoms. The molecule has 1 atom stereocenters. The minimum Gasteiger partial charge on any atom is -0.507 e. The molecule has 1 fully saturated rings. The van der Waals surface area contributed by atoms with Gasteiger partial charge in [-0.1, -0.05) is 18.2 Å². The Hall–Kier alpha value is -4.20. The molecule has 1 amide bonds. The predicted molar refractivity (Wildman–Crippen MR) is 111 cm³/mol. The van der Waals surface area contributed by atoms with Crippen LogP contribution in [0.5, 0.6) is 11.5 Å². The lowest BCUT2D eigenvalue weighted by Crippen LogP contribution is -2.29. The van der Waals surface area contributed by atoms with Crippen LogP contribution in [0.1, 0.15) is 22.7 Å². The normalized spacial score (nSPS) is 18.9. The Bertz CT molecular complexity index is 1260. The van der Waals surface area contributed by atoms with Crippen molar-refractivity contribution in [2.24, 2.45) is 0 Å². The van der Waals surface area contributed by atoms with E-state index in [1.807, 2.05) is 0 Å². The van der Waals surface area contributed by atoms with Gasteiger partial charge in [0.1, 0.15) is 11.6 Å². The number of hydrogen-bond donors (Lipinski definition) is 1. The number of nitrogens with zero attached hydrogens (tertiary/aromatic N) is 2. The maximum absolute atomic E-state index is 14.1. The Morgan fingerprint density at radius 2 is 1.94 bits per heavy atom. The number of Topliss-reactive ketones (excluding diaryl/α,β-unsaturated/α-hetero) is 1. The second kappa shape index (κ2) is 7.81. The Morgan fingerprint density at radius 3 is 2.72 bits per heavy atom. The third-order valence-electron chi connectivity index (χ3n) is 5.43. The Kier molecular flexibility index (Phi) is 4.82. The number of aromatic nitrogens is 1. The molecule has 0 spiro atoms. The minimum absolute atomic E-state index is 0.0539. The van der Waals surface area contributed by atoms with Crippen molar-refractivity contribution >= 4 is 17.4 Å². The molecular weight excluding hydrogens is 415 g/mol. The Balaban J connectivity index is 1.65. The van der Waals surface area contributed by atoms with Gasteiger partial charge in [-0.05, 0) is 47.5 Å². The smallest absolute Gasteiger partial charge is 0.295 e. The summed E-state index contributed by atoms with van der Waals surface area (Å²) in [7, 11) is 0. The van der Waals surface area contributed by atoms with Crippen LogP contribution in [0.3, 0.4) is 0 Å². The summed E-state index contributed by atoms with van der Waals surface area (Å²) >= 11 is 0. The van der Waals surface area contributed by atoms with Gasteiger partial charge in [-0.2, -0.15) is 0 Å². The molecule has 8 heteroatoms. The molecule has 160 valence electrons. The number of carbonyl (C=O) groups excluding carboxylic acids is 2. The number of carbonyl (C=O) groups is 2. The van der Waals surface area contributed by atoms with Crippen LogP contribution in [0.4, 0.5) is 4.39 Å². The summed E-state index contributed by atoms with van der Waals surface area (Å²) in [5, 5.41) is 11.1.